The highest BCUT2D eigenvalue weighted by molar-refractivity contribution is 6.74. The molecule has 0 N–H and O–H groups in total. The summed E-state index contributed by atoms with van der Waals surface area (Å²) in [5.41, 5.74) is 4.61. The average Bonchev–Trinajstić information content (AvgIpc) is 3.54. The van der Waals surface area contributed by atoms with Gasteiger partial charge in [-0.15, -0.1) is 13.2 Å². The van der Waals surface area contributed by atoms with Crippen LogP contribution in [0.15, 0.2) is 61.7 Å². The van der Waals surface area contributed by atoms with Gasteiger partial charge in [0, 0.05) is 29.3 Å². The Morgan fingerprint density at radius 3 is 2.44 bits per heavy atom. The fourth-order valence-corrected chi connectivity index (χ4v) is 7.43. The van der Waals surface area contributed by atoms with Crippen molar-refractivity contribution in [3.8, 4) is 34.1 Å². The molecule has 2 aromatic heterocycles. The first-order valence-electron chi connectivity index (χ1n) is 14.8. The summed E-state index contributed by atoms with van der Waals surface area (Å²) in [6.45, 7) is 22.9. The third kappa shape index (κ3) is 5.66. The van der Waals surface area contributed by atoms with Crippen LogP contribution in [0.3, 0.4) is 0 Å². The molecule has 0 spiro atoms. The molecule has 1 saturated carbocycles. The Hall–Kier alpha value is -3.16. The third-order valence-corrected chi connectivity index (χ3v) is 13.8. The Morgan fingerprint density at radius 2 is 1.78 bits per heavy atom. The topological polar surface area (TPSA) is 58.4 Å². The van der Waals surface area contributed by atoms with Crippen LogP contribution in [0.2, 0.25) is 18.1 Å². The predicted octanol–water partition coefficient (Wildman–Crippen LogP) is 8.61. The molecule has 1 aromatic carbocycles. The van der Waals surface area contributed by atoms with E-state index in [9.17, 15) is 0 Å². The smallest absolute Gasteiger partial charge is 0.231 e. The summed E-state index contributed by atoms with van der Waals surface area (Å²) >= 11 is 0. The monoisotopic (exact) mass is 571 g/mol. The Bertz CT molecular complexity index is 1430. The first-order chi connectivity index (χ1) is 19.5. The van der Waals surface area contributed by atoms with Crippen molar-refractivity contribution in [2.75, 3.05) is 6.79 Å². The molecule has 6 nitrogen and oxygen atoms in total. The SMILES string of the molecule is C=CCn1c(C2(CC=C)CCC(O[Si](C)(C)C(C)(C)C)CC2)nc(-c2cccc(C)n2)c1-c1ccc2c(c1)OCO2. The van der Waals surface area contributed by atoms with E-state index in [0.29, 0.717) is 6.54 Å². The lowest BCUT2D eigenvalue weighted by molar-refractivity contribution is 0.0995. The van der Waals surface area contributed by atoms with Gasteiger partial charge in [0.15, 0.2) is 19.8 Å². The first kappa shape index (κ1) is 29.3. The number of benzene rings is 1. The minimum Gasteiger partial charge on any atom is -0.454 e. The van der Waals surface area contributed by atoms with Gasteiger partial charge >= 0.3 is 0 Å². The number of nitrogens with zero attached hydrogens (tertiary/aromatic N) is 3. The van der Waals surface area contributed by atoms with Crippen molar-refractivity contribution in [1.29, 1.82) is 0 Å². The summed E-state index contributed by atoms with van der Waals surface area (Å²) in [4.78, 5) is 10.4. The quantitative estimate of drug-likeness (QED) is 0.190. The lowest BCUT2D eigenvalue weighted by Gasteiger charge is -2.44. The maximum atomic E-state index is 6.89. The second kappa shape index (κ2) is 11.3. The van der Waals surface area contributed by atoms with Gasteiger partial charge in [-0.1, -0.05) is 39.0 Å². The van der Waals surface area contributed by atoms with Crippen LogP contribution in [0, 0.1) is 6.92 Å². The maximum Gasteiger partial charge on any atom is 0.231 e. The number of allylic oxidation sites excluding steroid dienone is 2. The molecule has 0 atom stereocenters. The zero-order valence-electron chi connectivity index (χ0n) is 25.6. The first-order valence-corrected chi connectivity index (χ1v) is 17.7. The van der Waals surface area contributed by atoms with Gasteiger partial charge in [-0.2, -0.15) is 0 Å². The standard InChI is InChI=1S/C34H45N3O3Si/c1-9-18-34(19-16-26(17-20-34)40-41(7,8)33(4,5)6)32-36-30(27-13-11-12-24(3)35-27)31(37(32)21-10-2)25-14-15-28-29(22-25)39-23-38-28/h9-15,22,26H,1-2,16-21,23H2,3-8H3. The van der Waals surface area contributed by atoms with E-state index in [4.69, 9.17) is 23.9 Å². The van der Waals surface area contributed by atoms with Gasteiger partial charge in [-0.3, -0.25) is 4.98 Å². The zero-order chi connectivity index (χ0) is 29.4. The van der Waals surface area contributed by atoms with E-state index in [-0.39, 0.29) is 23.4 Å². The van der Waals surface area contributed by atoms with Gasteiger partial charge < -0.3 is 18.5 Å². The van der Waals surface area contributed by atoms with Crippen LogP contribution in [0.25, 0.3) is 22.6 Å². The van der Waals surface area contributed by atoms with Crippen molar-refractivity contribution >= 4 is 8.32 Å². The number of pyridine rings is 1. The van der Waals surface area contributed by atoms with E-state index in [2.05, 4.69) is 81.9 Å². The normalized spacial score (nSPS) is 20.7. The lowest BCUT2D eigenvalue weighted by Crippen LogP contribution is -2.46. The molecular formula is C34H45N3O3Si. The van der Waals surface area contributed by atoms with E-state index in [1.807, 2.05) is 25.1 Å². The second-order valence-corrected chi connectivity index (χ2v) is 17.9. The molecule has 218 valence electrons. The molecule has 2 aliphatic rings. The summed E-state index contributed by atoms with van der Waals surface area (Å²) in [6, 6.07) is 12.3. The molecule has 0 radical (unpaired) electrons. The number of ether oxygens (including phenoxy) is 2. The van der Waals surface area contributed by atoms with Crippen LogP contribution in [-0.4, -0.2) is 35.7 Å². The van der Waals surface area contributed by atoms with Crippen LogP contribution in [-0.2, 0) is 16.4 Å². The number of hydrogen-bond donors (Lipinski definition) is 0. The van der Waals surface area contributed by atoms with Gasteiger partial charge in [-0.05, 0) is 87.5 Å². The van der Waals surface area contributed by atoms with Gasteiger partial charge in [0.2, 0.25) is 6.79 Å². The predicted molar refractivity (Wildman–Crippen MR) is 169 cm³/mol. The summed E-state index contributed by atoms with van der Waals surface area (Å²) < 4.78 is 20.6. The third-order valence-electron chi connectivity index (χ3n) is 9.22. The van der Waals surface area contributed by atoms with Crippen molar-refractivity contribution < 1.29 is 13.9 Å². The Balaban J connectivity index is 1.62. The van der Waals surface area contributed by atoms with Crippen molar-refractivity contribution in [2.24, 2.45) is 0 Å². The highest BCUT2D eigenvalue weighted by Gasteiger charge is 2.44. The molecule has 5 rings (SSSR count). The highest BCUT2D eigenvalue weighted by Crippen LogP contribution is 2.48. The number of hydrogen-bond acceptors (Lipinski definition) is 5. The molecule has 3 heterocycles. The van der Waals surface area contributed by atoms with Gasteiger partial charge in [-0.25, -0.2) is 4.98 Å². The second-order valence-electron chi connectivity index (χ2n) is 13.1. The largest absolute Gasteiger partial charge is 0.454 e. The molecule has 3 aromatic rings. The lowest BCUT2D eigenvalue weighted by atomic mass is 9.70. The van der Waals surface area contributed by atoms with Gasteiger partial charge in [0.25, 0.3) is 0 Å². The van der Waals surface area contributed by atoms with Crippen LogP contribution >= 0.6 is 0 Å². The average molecular weight is 572 g/mol. The molecule has 0 amide bonds. The minimum absolute atomic E-state index is 0.148. The molecule has 0 saturated heterocycles. The fourth-order valence-electron chi connectivity index (χ4n) is 6.01. The number of imidazole rings is 1. The van der Waals surface area contributed by atoms with Crippen molar-refractivity contribution in [3.05, 3.63) is 73.2 Å². The maximum absolute atomic E-state index is 6.89. The number of aryl methyl sites for hydroxylation is 1. The van der Waals surface area contributed by atoms with Crippen LogP contribution in [0.5, 0.6) is 11.5 Å². The Morgan fingerprint density at radius 1 is 1.05 bits per heavy atom. The molecule has 7 heteroatoms. The van der Waals surface area contributed by atoms with Crippen molar-refractivity contribution in [1.82, 2.24) is 14.5 Å². The number of rotatable bonds is 9. The molecule has 1 aliphatic carbocycles. The van der Waals surface area contributed by atoms with E-state index in [1.54, 1.807) is 0 Å². The summed E-state index contributed by atoms with van der Waals surface area (Å²) in [5, 5.41) is 0.193. The number of fused-ring (bicyclic) bond motifs is 1. The summed E-state index contributed by atoms with van der Waals surface area (Å²) in [7, 11) is -1.85. The summed E-state index contributed by atoms with van der Waals surface area (Å²) in [5.74, 6) is 2.60. The fraction of sp³-hybridized carbons (Fsp3) is 0.471. The van der Waals surface area contributed by atoms with E-state index in [0.717, 1.165) is 77.8 Å². The summed E-state index contributed by atoms with van der Waals surface area (Å²) in [6.07, 6.45) is 9.17. The molecule has 0 unspecified atom stereocenters. The molecular weight excluding hydrogens is 526 g/mol. The highest BCUT2D eigenvalue weighted by atomic mass is 28.4. The minimum atomic E-state index is -1.85. The Kier molecular flexibility index (Phi) is 8.05. The molecule has 1 fully saturated rings. The number of aromatic nitrogens is 3. The van der Waals surface area contributed by atoms with Crippen LogP contribution < -0.4 is 9.47 Å². The van der Waals surface area contributed by atoms with Gasteiger partial charge in [0.05, 0.1) is 11.4 Å². The molecule has 0 bridgehead atoms. The van der Waals surface area contributed by atoms with E-state index in [1.165, 1.54) is 0 Å². The van der Waals surface area contributed by atoms with E-state index >= 15 is 0 Å². The van der Waals surface area contributed by atoms with Crippen molar-refractivity contribution in [2.45, 2.75) is 96.0 Å². The zero-order valence-corrected chi connectivity index (χ0v) is 26.6. The van der Waals surface area contributed by atoms with Crippen LogP contribution in [0.4, 0.5) is 0 Å². The molecule has 1 aliphatic heterocycles. The molecule has 41 heavy (non-hydrogen) atoms. The van der Waals surface area contributed by atoms with E-state index < -0.39 is 8.32 Å². The van der Waals surface area contributed by atoms with Crippen LogP contribution in [0.1, 0.15) is 64.4 Å². The Labute approximate surface area is 246 Å². The van der Waals surface area contributed by atoms with Gasteiger partial charge in [0.1, 0.15) is 11.5 Å². The van der Waals surface area contributed by atoms with Crippen molar-refractivity contribution in [3.63, 3.8) is 0 Å².